The second-order valence-electron chi connectivity index (χ2n) is 7.15. The molecule has 0 bridgehead atoms. The highest BCUT2D eigenvalue weighted by atomic mass is 16.5. The lowest BCUT2D eigenvalue weighted by atomic mass is 10.1. The first kappa shape index (κ1) is 17.6. The summed E-state index contributed by atoms with van der Waals surface area (Å²) in [5.74, 6) is 1.11. The molecule has 7 heteroatoms. The number of nitrogen functional groups attached to an aromatic ring is 1. The molecule has 0 atom stereocenters. The minimum absolute atomic E-state index is 0.377. The van der Waals surface area contributed by atoms with Gasteiger partial charge in [-0.2, -0.15) is 5.10 Å². The van der Waals surface area contributed by atoms with Crippen molar-refractivity contribution >= 4 is 5.82 Å². The van der Waals surface area contributed by atoms with Crippen LogP contribution in [-0.4, -0.2) is 33.1 Å². The fourth-order valence-corrected chi connectivity index (χ4v) is 3.62. The summed E-state index contributed by atoms with van der Waals surface area (Å²) in [6, 6.07) is 14.1. The van der Waals surface area contributed by atoms with E-state index in [0.717, 1.165) is 48.3 Å². The summed E-state index contributed by atoms with van der Waals surface area (Å²) in [5, 5.41) is 8.76. The van der Waals surface area contributed by atoms with Gasteiger partial charge in [-0.05, 0) is 18.9 Å². The van der Waals surface area contributed by atoms with E-state index in [9.17, 15) is 0 Å². The van der Waals surface area contributed by atoms with Gasteiger partial charge in [-0.25, -0.2) is 4.98 Å². The van der Waals surface area contributed by atoms with Crippen molar-refractivity contribution in [1.29, 1.82) is 0 Å². The molecule has 29 heavy (non-hydrogen) atoms. The second kappa shape index (κ2) is 7.52. The molecule has 1 saturated heterocycles. The summed E-state index contributed by atoms with van der Waals surface area (Å²) >= 11 is 0. The fourth-order valence-electron chi connectivity index (χ4n) is 3.62. The first-order valence-electron chi connectivity index (χ1n) is 9.68. The van der Waals surface area contributed by atoms with Gasteiger partial charge in [-0.15, -0.1) is 0 Å². The van der Waals surface area contributed by atoms with Crippen molar-refractivity contribution in [2.24, 2.45) is 0 Å². The third kappa shape index (κ3) is 3.52. The summed E-state index contributed by atoms with van der Waals surface area (Å²) < 4.78 is 13.0. The highest BCUT2D eigenvalue weighted by molar-refractivity contribution is 5.78. The monoisotopic (exact) mass is 387 g/mol. The number of nitrogens with zero attached hydrogens (tertiary/aromatic N) is 4. The van der Waals surface area contributed by atoms with Crippen molar-refractivity contribution in [2.75, 3.05) is 18.9 Å². The maximum atomic E-state index is 6.14. The summed E-state index contributed by atoms with van der Waals surface area (Å²) in [6.45, 7) is 1.56. The van der Waals surface area contributed by atoms with E-state index >= 15 is 0 Å². The molecular weight excluding hydrogens is 366 g/mol. The van der Waals surface area contributed by atoms with E-state index in [-0.39, 0.29) is 0 Å². The number of aromatic nitrogens is 4. The molecule has 2 N–H and O–H groups in total. The maximum Gasteiger partial charge on any atom is 0.167 e. The van der Waals surface area contributed by atoms with E-state index in [1.54, 1.807) is 6.20 Å². The minimum Gasteiger partial charge on any atom is -0.383 e. The van der Waals surface area contributed by atoms with Crippen LogP contribution < -0.4 is 5.73 Å². The SMILES string of the molecule is Nc1ncc(-c2cnn(C3CCOCC3)c2)cc1-c1cc(-c2ccccc2)on1. The lowest BCUT2D eigenvalue weighted by Crippen LogP contribution is -2.19. The zero-order valence-electron chi connectivity index (χ0n) is 15.9. The molecule has 4 aromatic rings. The third-order valence-corrected chi connectivity index (χ3v) is 5.26. The van der Waals surface area contributed by atoms with Crippen LogP contribution in [0, 0.1) is 0 Å². The Balaban J connectivity index is 1.45. The molecule has 146 valence electrons. The summed E-state index contributed by atoms with van der Waals surface area (Å²) in [4.78, 5) is 4.37. The molecule has 1 fully saturated rings. The molecule has 4 heterocycles. The predicted molar refractivity (Wildman–Crippen MR) is 110 cm³/mol. The van der Waals surface area contributed by atoms with Crippen LogP contribution in [0.2, 0.25) is 0 Å². The van der Waals surface area contributed by atoms with Crippen LogP contribution in [0.5, 0.6) is 0 Å². The van der Waals surface area contributed by atoms with Crippen molar-refractivity contribution in [3.63, 3.8) is 0 Å². The van der Waals surface area contributed by atoms with Crippen LogP contribution in [0.25, 0.3) is 33.7 Å². The molecular formula is C22H21N5O2. The fraction of sp³-hybridized carbons (Fsp3) is 0.227. The van der Waals surface area contributed by atoms with Crippen molar-refractivity contribution in [3.05, 3.63) is 61.1 Å². The zero-order valence-corrected chi connectivity index (χ0v) is 15.9. The highest BCUT2D eigenvalue weighted by Crippen LogP contribution is 2.32. The lowest BCUT2D eigenvalue weighted by molar-refractivity contribution is 0.0662. The van der Waals surface area contributed by atoms with Crippen molar-refractivity contribution in [1.82, 2.24) is 19.9 Å². The third-order valence-electron chi connectivity index (χ3n) is 5.26. The number of benzene rings is 1. The molecule has 0 saturated carbocycles. The van der Waals surface area contributed by atoms with Gasteiger partial charge >= 0.3 is 0 Å². The Kier molecular flexibility index (Phi) is 4.57. The van der Waals surface area contributed by atoms with Crippen molar-refractivity contribution < 1.29 is 9.26 Å². The van der Waals surface area contributed by atoms with Crippen LogP contribution in [0.15, 0.2) is 65.6 Å². The van der Waals surface area contributed by atoms with E-state index in [4.69, 9.17) is 15.0 Å². The Hall–Kier alpha value is -3.45. The van der Waals surface area contributed by atoms with E-state index < -0.39 is 0 Å². The number of nitrogens with two attached hydrogens (primary N) is 1. The Morgan fingerprint density at radius 3 is 2.62 bits per heavy atom. The molecule has 5 rings (SSSR count). The van der Waals surface area contributed by atoms with E-state index in [0.29, 0.717) is 23.3 Å². The number of pyridine rings is 1. The minimum atomic E-state index is 0.377. The number of rotatable bonds is 4. The maximum absolute atomic E-state index is 6.14. The van der Waals surface area contributed by atoms with Crippen LogP contribution in [0.4, 0.5) is 5.82 Å². The molecule has 0 unspecified atom stereocenters. The molecule has 1 aliphatic rings. The molecule has 0 aliphatic carbocycles. The molecule has 0 spiro atoms. The van der Waals surface area contributed by atoms with Gasteiger partial charge in [0.15, 0.2) is 5.76 Å². The quantitative estimate of drug-likeness (QED) is 0.564. The summed E-state index contributed by atoms with van der Waals surface area (Å²) in [5.41, 5.74) is 10.4. The summed E-state index contributed by atoms with van der Waals surface area (Å²) in [7, 11) is 0. The van der Waals surface area contributed by atoms with Crippen LogP contribution >= 0.6 is 0 Å². The molecule has 1 aliphatic heterocycles. The number of ether oxygens (including phenoxy) is 1. The van der Waals surface area contributed by atoms with Crippen LogP contribution in [0.3, 0.4) is 0 Å². The first-order valence-corrected chi connectivity index (χ1v) is 9.68. The van der Waals surface area contributed by atoms with Gasteiger partial charge in [0.1, 0.15) is 11.5 Å². The average molecular weight is 387 g/mol. The Morgan fingerprint density at radius 1 is 0.966 bits per heavy atom. The Morgan fingerprint density at radius 2 is 1.79 bits per heavy atom. The Labute approximate surface area is 168 Å². The van der Waals surface area contributed by atoms with Crippen LogP contribution in [0.1, 0.15) is 18.9 Å². The molecule has 0 radical (unpaired) electrons. The van der Waals surface area contributed by atoms with Gasteiger partial charge < -0.3 is 15.0 Å². The van der Waals surface area contributed by atoms with Crippen LogP contribution in [-0.2, 0) is 4.74 Å². The number of anilines is 1. The number of hydrogen-bond acceptors (Lipinski definition) is 6. The molecule has 1 aromatic carbocycles. The second-order valence-corrected chi connectivity index (χ2v) is 7.15. The van der Waals surface area contributed by atoms with Gasteiger partial charge in [0.05, 0.1) is 12.2 Å². The van der Waals surface area contributed by atoms with Gasteiger partial charge in [0, 0.05) is 53.9 Å². The molecule has 0 amide bonds. The first-order chi connectivity index (χ1) is 14.3. The van der Waals surface area contributed by atoms with Crippen molar-refractivity contribution in [2.45, 2.75) is 18.9 Å². The predicted octanol–water partition coefficient (Wildman–Crippen LogP) is 4.20. The molecule has 3 aromatic heterocycles. The molecule has 7 nitrogen and oxygen atoms in total. The highest BCUT2D eigenvalue weighted by Gasteiger charge is 2.18. The lowest BCUT2D eigenvalue weighted by Gasteiger charge is -2.22. The largest absolute Gasteiger partial charge is 0.383 e. The Bertz CT molecular complexity index is 1110. The van der Waals surface area contributed by atoms with E-state index in [2.05, 4.69) is 21.4 Å². The summed E-state index contributed by atoms with van der Waals surface area (Å²) in [6.07, 6.45) is 7.65. The van der Waals surface area contributed by atoms with Gasteiger partial charge in [-0.1, -0.05) is 35.5 Å². The van der Waals surface area contributed by atoms with Gasteiger partial charge in [0.25, 0.3) is 0 Å². The van der Waals surface area contributed by atoms with Crippen molar-refractivity contribution in [3.8, 4) is 33.7 Å². The average Bonchev–Trinajstić information content (AvgIpc) is 3.46. The van der Waals surface area contributed by atoms with E-state index in [1.807, 2.05) is 53.3 Å². The standard InChI is InChI=1S/C22H21N5O2/c23-22-19(20-11-21(29-26-20)15-4-2-1-3-5-15)10-16(12-24-22)17-13-25-27(14-17)18-6-8-28-9-7-18/h1-5,10-14,18H,6-9H2,(H2,23,24). The van der Waals surface area contributed by atoms with E-state index in [1.165, 1.54) is 0 Å². The normalized spacial score (nSPS) is 14.9. The van der Waals surface area contributed by atoms with Gasteiger partial charge in [0.2, 0.25) is 0 Å². The van der Waals surface area contributed by atoms with Gasteiger partial charge in [-0.3, -0.25) is 4.68 Å². The topological polar surface area (TPSA) is 92.0 Å². The zero-order chi connectivity index (χ0) is 19.6. The number of hydrogen-bond donors (Lipinski definition) is 1. The smallest absolute Gasteiger partial charge is 0.167 e.